The van der Waals surface area contributed by atoms with Gasteiger partial charge in [0.05, 0.1) is 15.0 Å². The van der Waals surface area contributed by atoms with Gasteiger partial charge in [-0.1, -0.05) is 26.0 Å². The van der Waals surface area contributed by atoms with E-state index in [9.17, 15) is 14.4 Å². The molecule has 0 spiro atoms. The highest BCUT2D eigenvalue weighted by molar-refractivity contribution is 9.28. The molecule has 0 aliphatic heterocycles. The number of carbonyl (C=O) groups excluding carboxylic acids is 1. The molecule has 1 saturated carbocycles. The average molecular weight is 526 g/mol. The van der Waals surface area contributed by atoms with E-state index in [2.05, 4.69) is 36.8 Å². The molecule has 5 nitrogen and oxygen atoms in total. The van der Waals surface area contributed by atoms with Crippen LogP contribution in [0.2, 0.25) is 0 Å². The van der Waals surface area contributed by atoms with Gasteiger partial charge in [0.1, 0.15) is 11.8 Å². The van der Waals surface area contributed by atoms with Crippen LogP contribution >= 0.6 is 31.9 Å². The fourth-order valence-electron chi connectivity index (χ4n) is 3.35. The van der Waals surface area contributed by atoms with Gasteiger partial charge in [0.25, 0.3) is 5.88 Å². The van der Waals surface area contributed by atoms with E-state index in [4.69, 9.17) is 9.47 Å². The lowest BCUT2D eigenvalue weighted by molar-refractivity contribution is -0.149. The Hall–Kier alpha value is -1.98. The van der Waals surface area contributed by atoms with E-state index in [-0.39, 0.29) is 28.8 Å². The third kappa shape index (κ3) is 4.96. The largest absolute Gasteiger partial charge is 0.440 e. The Balaban J connectivity index is 1.75. The first-order chi connectivity index (χ1) is 13.7. The van der Waals surface area contributed by atoms with Crippen molar-refractivity contribution >= 4 is 37.8 Å². The van der Waals surface area contributed by atoms with Crippen molar-refractivity contribution in [2.24, 2.45) is 17.3 Å². The quantitative estimate of drug-likeness (QED) is 0.436. The van der Waals surface area contributed by atoms with Crippen LogP contribution in [-0.4, -0.2) is 11.0 Å². The van der Waals surface area contributed by atoms with Gasteiger partial charge in [0.2, 0.25) is 6.10 Å². The number of allylic oxidation sites excluding steroid dienone is 4. The van der Waals surface area contributed by atoms with E-state index >= 15 is 0 Å². The zero-order valence-electron chi connectivity index (χ0n) is 15.9. The number of hydrogen-bond donors (Lipinski definition) is 0. The number of nitrogens with zero attached hydrogens (tertiary/aromatic N) is 2. The molecule has 1 heterocycles. The summed E-state index contributed by atoms with van der Waals surface area (Å²) in [7, 11) is 0. The average Bonchev–Trinajstić information content (AvgIpc) is 3.21. The molecule has 0 aromatic carbocycles. The summed E-state index contributed by atoms with van der Waals surface area (Å²) in [5.74, 6) is -1.32. The Morgan fingerprint density at radius 3 is 2.79 bits per heavy atom. The number of ether oxygens (including phenoxy) is 2. The fourth-order valence-corrected chi connectivity index (χ4v) is 3.92. The van der Waals surface area contributed by atoms with Crippen molar-refractivity contribution in [3.8, 4) is 11.9 Å². The van der Waals surface area contributed by atoms with Crippen LogP contribution in [0.3, 0.4) is 0 Å². The number of hydrogen-bond acceptors (Lipinski definition) is 5. The molecule has 2 aliphatic carbocycles. The number of halogens is 3. The molecule has 1 aromatic heterocycles. The van der Waals surface area contributed by atoms with Crippen LogP contribution in [0.1, 0.15) is 38.5 Å². The van der Waals surface area contributed by atoms with Crippen LogP contribution in [0.4, 0.5) is 4.39 Å². The molecular weight excluding hydrogens is 507 g/mol. The minimum Gasteiger partial charge on any atom is -0.440 e. The standard InChI is InChI=1S/C21H19Br2FN2O3/c1-21(2)13(10-17(22)23)18(21)20(27)29-16(11-25)15-9-8-14(24)19(26-15)28-12-6-4-3-5-7-12/h4,6-10,13,16,18H,3,5H2,1-2H3. The molecule has 0 bridgehead atoms. The lowest BCUT2D eigenvalue weighted by Crippen LogP contribution is -2.16. The Morgan fingerprint density at radius 1 is 1.41 bits per heavy atom. The van der Waals surface area contributed by atoms with Gasteiger partial charge in [-0.2, -0.15) is 5.26 Å². The first kappa shape index (κ1) is 21.7. The molecule has 1 fully saturated rings. The molecule has 2 aliphatic rings. The number of pyridine rings is 1. The van der Waals surface area contributed by atoms with Crippen LogP contribution in [0.5, 0.6) is 5.88 Å². The van der Waals surface area contributed by atoms with Crippen molar-refractivity contribution in [2.75, 3.05) is 0 Å². The van der Waals surface area contributed by atoms with E-state index in [1.807, 2.05) is 38.1 Å². The zero-order valence-corrected chi connectivity index (χ0v) is 19.0. The number of esters is 1. The Bertz CT molecular complexity index is 946. The smallest absolute Gasteiger partial charge is 0.311 e. The molecule has 1 aromatic rings. The molecule has 0 amide bonds. The summed E-state index contributed by atoms with van der Waals surface area (Å²) in [6.45, 7) is 3.91. The molecule has 152 valence electrons. The van der Waals surface area contributed by atoms with E-state index in [1.165, 1.54) is 6.07 Å². The van der Waals surface area contributed by atoms with Crippen LogP contribution in [0.25, 0.3) is 0 Å². The second-order valence-electron chi connectivity index (χ2n) is 7.44. The van der Waals surface area contributed by atoms with Crippen LogP contribution in [0.15, 0.2) is 45.6 Å². The Kier molecular flexibility index (Phi) is 6.59. The second-order valence-corrected chi connectivity index (χ2v) is 10.2. The molecule has 3 atom stereocenters. The Labute approximate surface area is 185 Å². The lowest BCUT2D eigenvalue weighted by Gasteiger charge is -2.14. The van der Waals surface area contributed by atoms with E-state index in [1.54, 1.807) is 6.08 Å². The van der Waals surface area contributed by atoms with Crippen LogP contribution in [-0.2, 0) is 9.53 Å². The zero-order chi connectivity index (χ0) is 21.2. The number of nitriles is 1. The Morgan fingerprint density at radius 2 is 2.17 bits per heavy atom. The molecule has 3 rings (SSSR count). The van der Waals surface area contributed by atoms with Crippen molar-refractivity contribution in [1.82, 2.24) is 4.98 Å². The molecule has 0 radical (unpaired) electrons. The van der Waals surface area contributed by atoms with Gasteiger partial charge in [0.15, 0.2) is 5.82 Å². The van der Waals surface area contributed by atoms with Crippen molar-refractivity contribution < 1.29 is 18.7 Å². The number of rotatable bonds is 6. The minimum atomic E-state index is -1.25. The number of aromatic nitrogens is 1. The van der Waals surface area contributed by atoms with Crippen LogP contribution in [0, 0.1) is 34.4 Å². The summed E-state index contributed by atoms with van der Waals surface area (Å²) in [6, 6.07) is 4.39. The minimum absolute atomic E-state index is 0.0202. The normalized spacial score (nSPS) is 22.7. The SMILES string of the molecule is CC1(C)C(C=C(Br)Br)C1C(=O)OC(C#N)c1ccc(F)c(OC2=CCCC=C2)n1. The van der Waals surface area contributed by atoms with E-state index < -0.39 is 17.9 Å². The van der Waals surface area contributed by atoms with Gasteiger partial charge in [0, 0.05) is 0 Å². The monoisotopic (exact) mass is 524 g/mol. The summed E-state index contributed by atoms with van der Waals surface area (Å²) in [5, 5.41) is 9.50. The van der Waals surface area contributed by atoms with Gasteiger partial charge < -0.3 is 9.47 Å². The summed E-state index contributed by atoms with van der Waals surface area (Å²) in [5.41, 5.74) is -0.168. The fraction of sp³-hybridized carbons (Fsp3) is 0.381. The predicted octanol–water partition coefficient (Wildman–Crippen LogP) is 5.84. The third-order valence-corrected chi connectivity index (χ3v) is 5.63. The van der Waals surface area contributed by atoms with Crippen LogP contribution < -0.4 is 4.74 Å². The van der Waals surface area contributed by atoms with Crippen molar-refractivity contribution in [3.63, 3.8) is 0 Å². The summed E-state index contributed by atoms with van der Waals surface area (Å²) >= 11 is 6.61. The van der Waals surface area contributed by atoms with Crippen molar-refractivity contribution in [2.45, 2.75) is 32.8 Å². The van der Waals surface area contributed by atoms with Crippen molar-refractivity contribution in [3.05, 3.63) is 57.1 Å². The first-order valence-electron chi connectivity index (χ1n) is 9.08. The van der Waals surface area contributed by atoms with Gasteiger partial charge in [-0.25, -0.2) is 9.37 Å². The highest BCUT2D eigenvalue weighted by atomic mass is 79.9. The van der Waals surface area contributed by atoms with Gasteiger partial charge in [-0.3, -0.25) is 4.79 Å². The third-order valence-electron chi connectivity index (χ3n) is 5.10. The maximum Gasteiger partial charge on any atom is 0.311 e. The summed E-state index contributed by atoms with van der Waals surface area (Å²) < 4.78 is 25.8. The number of carbonyl (C=O) groups is 1. The molecule has 29 heavy (non-hydrogen) atoms. The highest BCUT2D eigenvalue weighted by Gasteiger charge is 2.61. The molecule has 3 unspecified atom stereocenters. The maximum atomic E-state index is 14.1. The lowest BCUT2D eigenvalue weighted by atomic mass is 10.1. The molecular formula is C21H19Br2FN2O3. The second kappa shape index (κ2) is 8.80. The van der Waals surface area contributed by atoms with E-state index in [0.29, 0.717) is 5.76 Å². The van der Waals surface area contributed by atoms with Gasteiger partial charge in [-0.15, -0.1) is 0 Å². The molecule has 8 heteroatoms. The van der Waals surface area contributed by atoms with Gasteiger partial charge >= 0.3 is 5.97 Å². The molecule has 0 N–H and O–H groups in total. The summed E-state index contributed by atoms with van der Waals surface area (Å²) in [4.78, 5) is 16.7. The first-order valence-corrected chi connectivity index (χ1v) is 10.7. The van der Waals surface area contributed by atoms with Gasteiger partial charge in [-0.05, 0) is 80.3 Å². The van der Waals surface area contributed by atoms with E-state index in [0.717, 1.165) is 22.3 Å². The highest BCUT2D eigenvalue weighted by Crippen LogP contribution is 2.60. The summed E-state index contributed by atoms with van der Waals surface area (Å²) in [6.07, 6.45) is 7.82. The predicted molar refractivity (Wildman–Crippen MR) is 112 cm³/mol. The topological polar surface area (TPSA) is 72.2 Å². The molecule has 0 saturated heterocycles. The maximum absolute atomic E-state index is 14.1. The van der Waals surface area contributed by atoms with Crippen molar-refractivity contribution in [1.29, 1.82) is 5.26 Å².